The number of thioether (sulfide) groups is 1. The van der Waals surface area contributed by atoms with Gasteiger partial charge in [-0.2, -0.15) is 5.26 Å². The molecule has 0 unspecified atom stereocenters. The van der Waals surface area contributed by atoms with Gasteiger partial charge >= 0.3 is 0 Å². The normalized spacial score (nSPS) is 9.78. The molecule has 2 aromatic rings. The maximum Gasteiger partial charge on any atom is 0.148 e. The van der Waals surface area contributed by atoms with E-state index in [1.54, 1.807) is 17.8 Å². The highest BCUT2D eigenvalue weighted by molar-refractivity contribution is 7.98. The molecule has 0 aliphatic carbocycles. The van der Waals surface area contributed by atoms with E-state index in [-0.39, 0.29) is 0 Å². The fraction of sp³-hybridized carbons (Fsp3) is 0.0769. The second-order valence-corrected chi connectivity index (χ2v) is 4.51. The van der Waals surface area contributed by atoms with E-state index in [1.165, 1.54) is 6.20 Å². The first-order valence-corrected chi connectivity index (χ1v) is 6.52. The van der Waals surface area contributed by atoms with E-state index in [0.717, 1.165) is 10.6 Å². The summed E-state index contributed by atoms with van der Waals surface area (Å²) in [5, 5.41) is 12.2. The van der Waals surface area contributed by atoms with Crippen molar-refractivity contribution >= 4 is 29.0 Å². The molecule has 0 aliphatic rings. The second kappa shape index (κ2) is 5.43. The van der Waals surface area contributed by atoms with E-state index in [0.29, 0.717) is 17.1 Å². The molecule has 2 rings (SSSR count). The van der Waals surface area contributed by atoms with Crippen molar-refractivity contribution in [3.63, 3.8) is 0 Å². The molecular formula is C13H12N4S. The Bertz CT molecular complexity index is 604. The molecule has 5 heteroatoms. The van der Waals surface area contributed by atoms with Crippen LogP contribution in [0.2, 0.25) is 0 Å². The van der Waals surface area contributed by atoms with Crippen molar-refractivity contribution in [1.29, 1.82) is 5.26 Å². The average Bonchev–Trinajstić information content (AvgIpc) is 2.41. The molecule has 0 saturated heterocycles. The maximum absolute atomic E-state index is 9.03. The van der Waals surface area contributed by atoms with Crippen LogP contribution in [0.25, 0.3) is 0 Å². The van der Waals surface area contributed by atoms with Crippen LogP contribution >= 0.6 is 11.8 Å². The SMILES string of the molecule is CSc1cccc(Nc2ncc(N)cc2C#N)c1. The van der Waals surface area contributed by atoms with Gasteiger partial charge in [0.25, 0.3) is 0 Å². The number of nitriles is 1. The Hall–Kier alpha value is -2.19. The van der Waals surface area contributed by atoms with Crippen LogP contribution in [0.4, 0.5) is 17.2 Å². The molecule has 0 spiro atoms. The molecule has 1 aromatic carbocycles. The number of rotatable bonds is 3. The molecule has 1 aromatic heterocycles. The highest BCUT2D eigenvalue weighted by Crippen LogP contribution is 2.23. The number of nitrogen functional groups attached to an aromatic ring is 1. The van der Waals surface area contributed by atoms with Crippen LogP contribution in [0.1, 0.15) is 5.56 Å². The third-order valence-electron chi connectivity index (χ3n) is 2.36. The maximum atomic E-state index is 9.03. The predicted octanol–water partition coefficient (Wildman–Crippen LogP) is 3.00. The van der Waals surface area contributed by atoms with E-state index < -0.39 is 0 Å². The van der Waals surface area contributed by atoms with Crippen LogP contribution in [-0.2, 0) is 0 Å². The molecule has 0 radical (unpaired) electrons. The molecule has 0 atom stereocenters. The van der Waals surface area contributed by atoms with Crippen LogP contribution in [0, 0.1) is 11.3 Å². The Morgan fingerprint density at radius 2 is 2.22 bits per heavy atom. The number of hydrogen-bond donors (Lipinski definition) is 2. The minimum Gasteiger partial charge on any atom is -0.397 e. The lowest BCUT2D eigenvalue weighted by atomic mass is 10.2. The van der Waals surface area contributed by atoms with Crippen molar-refractivity contribution in [2.75, 3.05) is 17.3 Å². The largest absolute Gasteiger partial charge is 0.397 e. The standard InChI is InChI=1S/C13H12N4S/c1-18-12-4-2-3-11(6-12)17-13-9(7-14)5-10(15)8-16-13/h2-6,8H,15H2,1H3,(H,16,17). The summed E-state index contributed by atoms with van der Waals surface area (Å²) in [6, 6.07) is 11.6. The van der Waals surface area contributed by atoms with Crippen molar-refractivity contribution < 1.29 is 0 Å². The van der Waals surface area contributed by atoms with Crippen LogP contribution in [0.5, 0.6) is 0 Å². The summed E-state index contributed by atoms with van der Waals surface area (Å²) in [7, 11) is 0. The van der Waals surface area contributed by atoms with Crippen LogP contribution in [-0.4, -0.2) is 11.2 Å². The Labute approximate surface area is 110 Å². The third-order valence-corrected chi connectivity index (χ3v) is 3.09. The van der Waals surface area contributed by atoms with Gasteiger partial charge in [-0.05, 0) is 30.5 Å². The number of nitrogens with two attached hydrogens (primary N) is 1. The van der Waals surface area contributed by atoms with Gasteiger partial charge in [-0.15, -0.1) is 11.8 Å². The topological polar surface area (TPSA) is 74.7 Å². The summed E-state index contributed by atoms with van der Waals surface area (Å²) < 4.78 is 0. The number of benzene rings is 1. The molecule has 0 amide bonds. The summed E-state index contributed by atoms with van der Waals surface area (Å²) in [4.78, 5) is 5.28. The van der Waals surface area contributed by atoms with Crippen molar-refractivity contribution in [2.24, 2.45) is 0 Å². The van der Waals surface area contributed by atoms with Crippen LogP contribution < -0.4 is 11.1 Å². The molecule has 0 bridgehead atoms. The molecule has 0 aliphatic heterocycles. The first-order chi connectivity index (χ1) is 8.72. The van der Waals surface area contributed by atoms with E-state index in [9.17, 15) is 0 Å². The smallest absolute Gasteiger partial charge is 0.148 e. The zero-order chi connectivity index (χ0) is 13.0. The first-order valence-electron chi connectivity index (χ1n) is 5.29. The first kappa shape index (κ1) is 12.3. The lowest BCUT2D eigenvalue weighted by Crippen LogP contribution is -1.98. The van der Waals surface area contributed by atoms with Gasteiger partial charge in [0.15, 0.2) is 0 Å². The van der Waals surface area contributed by atoms with Crippen molar-refractivity contribution in [3.05, 3.63) is 42.1 Å². The Morgan fingerprint density at radius 3 is 2.94 bits per heavy atom. The number of anilines is 3. The van der Waals surface area contributed by atoms with Gasteiger partial charge in [0, 0.05) is 10.6 Å². The van der Waals surface area contributed by atoms with E-state index in [2.05, 4.69) is 16.4 Å². The summed E-state index contributed by atoms with van der Waals surface area (Å²) in [6.07, 6.45) is 3.54. The molecule has 0 fully saturated rings. The summed E-state index contributed by atoms with van der Waals surface area (Å²) in [6.45, 7) is 0. The molecule has 3 N–H and O–H groups in total. The lowest BCUT2D eigenvalue weighted by molar-refractivity contribution is 1.28. The zero-order valence-corrected chi connectivity index (χ0v) is 10.7. The fourth-order valence-corrected chi connectivity index (χ4v) is 1.96. The van der Waals surface area contributed by atoms with Crippen molar-refractivity contribution in [1.82, 2.24) is 4.98 Å². The third kappa shape index (κ3) is 2.73. The van der Waals surface area contributed by atoms with Gasteiger partial charge in [-0.25, -0.2) is 4.98 Å². The second-order valence-electron chi connectivity index (χ2n) is 3.63. The van der Waals surface area contributed by atoms with E-state index >= 15 is 0 Å². The zero-order valence-electron chi connectivity index (χ0n) is 9.84. The summed E-state index contributed by atoms with van der Waals surface area (Å²) in [5.74, 6) is 0.518. The van der Waals surface area contributed by atoms with Crippen LogP contribution in [0.3, 0.4) is 0 Å². The monoisotopic (exact) mass is 256 g/mol. The number of aromatic nitrogens is 1. The van der Waals surface area contributed by atoms with Crippen molar-refractivity contribution in [2.45, 2.75) is 4.90 Å². The summed E-state index contributed by atoms with van der Waals surface area (Å²) >= 11 is 1.66. The Morgan fingerprint density at radius 1 is 1.39 bits per heavy atom. The van der Waals surface area contributed by atoms with E-state index in [4.69, 9.17) is 11.0 Å². The average molecular weight is 256 g/mol. The molecular weight excluding hydrogens is 244 g/mol. The minimum absolute atomic E-state index is 0.435. The lowest BCUT2D eigenvalue weighted by Gasteiger charge is -2.08. The van der Waals surface area contributed by atoms with Gasteiger partial charge in [-0.3, -0.25) is 0 Å². The van der Waals surface area contributed by atoms with Gasteiger partial charge in [0.1, 0.15) is 11.9 Å². The number of nitrogens with zero attached hydrogens (tertiary/aromatic N) is 2. The quantitative estimate of drug-likeness (QED) is 0.826. The number of hydrogen-bond acceptors (Lipinski definition) is 5. The number of pyridine rings is 1. The van der Waals surface area contributed by atoms with Crippen molar-refractivity contribution in [3.8, 4) is 6.07 Å². The highest BCUT2D eigenvalue weighted by atomic mass is 32.2. The molecule has 0 saturated carbocycles. The Kier molecular flexibility index (Phi) is 3.70. The van der Waals surface area contributed by atoms with Gasteiger partial charge in [0.2, 0.25) is 0 Å². The molecule has 1 heterocycles. The Balaban J connectivity index is 2.31. The molecule has 90 valence electrons. The highest BCUT2D eigenvalue weighted by Gasteiger charge is 2.04. The molecule has 18 heavy (non-hydrogen) atoms. The van der Waals surface area contributed by atoms with Gasteiger partial charge in [0.05, 0.1) is 17.4 Å². The predicted molar refractivity (Wildman–Crippen MR) is 74.9 cm³/mol. The fourth-order valence-electron chi connectivity index (χ4n) is 1.50. The van der Waals surface area contributed by atoms with Gasteiger partial charge in [-0.1, -0.05) is 6.07 Å². The van der Waals surface area contributed by atoms with E-state index in [1.807, 2.05) is 30.5 Å². The van der Waals surface area contributed by atoms with Gasteiger partial charge < -0.3 is 11.1 Å². The van der Waals surface area contributed by atoms with Crippen LogP contribution in [0.15, 0.2) is 41.4 Å². The minimum atomic E-state index is 0.435. The number of nitrogens with one attached hydrogen (secondary N) is 1. The molecule has 4 nitrogen and oxygen atoms in total. The summed E-state index contributed by atoms with van der Waals surface area (Å²) in [5.41, 5.74) is 7.41.